The highest BCUT2D eigenvalue weighted by atomic mass is 16.1. The molecule has 28 heavy (non-hydrogen) atoms. The van der Waals surface area contributed by atoms with Gasteiger partial charge >= 0.3 is 0 Å². The lowest BCUT2D eigenvalue weighted by atomic mass is 9.89. The second-order valence-corrected chi connectivity index (χ2v) is 7.98. The van der Waals surface area contributed by atoms with Gasteiger partial charge in [-0.25, -0.2) is 0 Å². The molecule has 0 saturated carbocycles. The molecule has 0 atom stereocenters. The van der Waals surface area contributed by atoms with Gasteiger partial charge in [0.1, 0.15) is 0 Å². The lowest BCUT2D eigenvalue weighted by Gasteiger charge is -2.28. The van der Waals surface area contributed by atoms with Gasteiger partial charge in [-0.3, -0.25) is 4.79 Å². The van der Waals surface area contributed by atoms with Gasteiger partial charge in [0.25, 0.3) is 5.91 Å². The van der Waals surface area contributed by atoms with E-state index >= 15 is 0 Å². The summed E-state index contributed by atoms with van der Waals surface area (Å²) in [5, 5.41) is 4.28. The van der Waals surface area contributed by atoms with Gasteiger partial charge in [-0.15, -0.1) is 0 Å². The van der Waals surface area contributed by atoms with Crippen LogP contribution in [0.3, 0.4) is 0 Å². The molecule has 0 bridgehead atoms. The lowest BCUT2D eigenvalue weighted by molar-refractivity contribution is 0.102. The number of carbonyl (C=O) groups is 1. The van der Waals surface area contributed by atoms with Crippen molar-refractivity contribution >= 4 is 28.2 Å². The maximum atomic E-state index is 12.7. The quantitative estimate of drug-likeness (QED) is 0.714. The number of benzene rings is 2. The number of rotatable bonds is 4. The third-order valence-electron chi connectivity index (χ3n) is 5.75. The molecule has 2 N–H and O–H groups in total. The Hall–Kier alpha value is -2.79. The van der Waals surface area contributed by atoms with Crippen LogP contribution >= 0.6 is 0 Å². The standard InChI is InChI=1S/C23H28N4O/c1-26(2)19-6-4-5-17(13-19)23(28)25-18-7-8-22-20(14-18)21(15-24-22)16-9-11-27(3)12-10-16/h4-8,13-16,24H,9-12H2,1-3H3,(H,25,28). The molecule has 3 aromatic rings. The van der Waals surface area contributed by atoms with E-state index < -0.39 is 0 Å². The fourth-order valence-corrected chi connectivity index (χ4v) is 4.01. The van der Waals surface area contributed by atoms with Crippen LogP contribution in [0.15, 0.2) is 48.7 Å². The highest BCUT2D eigenvalue weighted by Gasteiger charge is 2.21. The van der Waals surface area contributed by atoms with E-state index in [-0.39, 0.29) is 5.91 Å². The Kier molecular flexibility index (Phi) is 5.09. The number of nitrogens with one attached hydrogen (secondary N) is 2. The molecule has 5 nitrogen and oxygen atoms in total. The van der Waals surface area contributed by atoms with Crippen LogP contribution in [0.1, 0.15) is 34.7 Å². The maximum Gasteiger partial charge on any atom is 0.255 e. The Bertz CT molecular complexity index is 983. The number of amides is 1. The fraction of sp³-hybridized carbons (Fsp3) is 0.348. The Labute approximate surface area is 166 Å². The molecular formula is C23H28N4O. The number of H-pyrrole nitrogens is 1. The van der Waals surface area contributed by atoms with Crippen molar-refractivity contribution in [2.24, 2.45) is 0 Å². The summed E-state index contributed by atoms with van der Waals surface area (Å²) in [6.45, 7) is 2.27. The molecule has 0 spiro atoms. The Morgan fingerprint density at radius 3 is 2.68 bits per heavy atom. The first-order valence-corrected chi connectivity index (χ1v) is 9.89. The van der Waals surface area contributed by atoms with Gasteiger partial charge in [0, 0.05) is 48.1 Å². The van der Waals surface area contributed by atoms with Crippen molar-refractivity contribution in [3.05, 3.63) is 59.8 Å². The summed E-state index contributed by atoms with van der Waals surface area (Å²) in [6, 6.07) is 13.8. The molecule has 0 radical (unpaired) electrons. The molecule has 0 aliphatic carbocycles. The van der Waals surface area contributed by atoms with Gasteiger partial charge < -0.3 is 20.1 Å². The van der Waals surface area contributed by atoms with Crippen LogP contribution in [-0.2, 0) is 0 Å². The number of aromatic nitrogens is 1. The molecular weight excluding hydrogens is 348 g/mol. The van der Waals surface area contributed by atoms with Crippen molar-refractivity contribution in [1.82, 2.24) is 9.88 Å². The van der Waals surface area contributed by atoms with Crippen molar-refractivity contribution in [1.29, 1.82) is 0 Å². The lowest BCUT2D eigenvalue weighted by Crippen LogP contribution is -2.29. The van der Waals surface area contributed by atoms with Crippen molar-refractivity contribution in [3.63, 3.8) is 0 Å². The van der Waals surface area contributed by atoms with Gasteiger partial charge in [-0.05, 0) is 80.9 Å². The van der Waals surface area contributed by atoms with Crippen LogP contribution in [-0.4, -0.2) is 50.0 Å². The van der Waals surface area contributed by atoms with E-state index in [1.165, 1.54) is 23.8 Å². The molecule has 0 unspecified atom stereocenters. The number of piperidine rings is 1. The molecule has 2 heterocycles. The number of hydrogen-bond donors (Lipinski definition) is 2. The number of fused-ring (bicyclic) bond motifs is 1. The summed E-state index contributed by atoms with van der Waals surface area (Å²) in [5.74, 6) is 0.493. The third kappa shape index (κ3) is 3.76. The van der Waals surface area contributed by atoms with E-state index in [1.807, 2.05) is 49.3 Å². The second kappa shape index (κ2) is 7.68. The summed E-state index contributed by atoms with van der Waals surface area (Å²) in [4.78, 5) is 20.5. The molecule has 1 saturated heterocycles. The predicted octanol–water partition coefficient (Wildman–Crippen LogP) is 4.30. The minimum Gasteiger partial charge on any atom is -0.378 e. The number of likely N-dealkylation sites (tertiary alicyclic amines) is 1. The number of carbonyl (C=O) groups excluding carboxylic acids is 1. The van der Waals surface area contributed by atoms with Crippen molar-refractivity contribution in [2.75, 3.05) is 44.4 Å². The first-order valence-electron chi connectivity index (χ1n) is 9.89. The fourth-order valence-electron chi connectivity index (χ4n) is 4.01. The largest absolute Gasteiger partial charge is 0.378 e. The Balaban J connectivity index is 1.57. The number of nitrogens with zero attached hydrogens (tertiary/aromatic N) is 2. The van der Waals surface area contributed by atoms with Crippen molar-refractivity contribution in [2.45, 2.75) is 18.8 Å². The smallest absolute Gasteiger partial charge is 0.255 e. The van der Waals surface area contributed by atoms with E-state index in [9.17, 15) is 4.79 Å². The molecule has 1 aliphatic heterocycles. The van der Waals surface area contributed by atoms with E-state index in [0.29, 0.717) is 11.5 Å². The number of hydrogen-bond acceptors (Lipinski definition) is 3. The van der Waals surface area contributed by atoms with Gasteiger partial charge in [0.05, 0.1) is 0 Å². The predicted molar refractivity (Wildman–Crippen MR) is 116 cm³/mol. The summed E-state index contributed by atoms with van der Waals surface area (Å²) in [7, 11) is 6.13. The maximum absolute atomic E-state index is 12.7. The summed E-state index contributed by atoms with van der Waals surface area (Å²) in [5.41, 5.74) is 5.01. The van der Waals surface area contributed by atoms with E-state index in [4.69, 9.17) is 0 Å². The monoisotopic (exact) mass is 376 g/mol. The Morgan fingerprint density at radius 1 is 1.14 bits per heavy atom. The van der Waals surface area contributed by atoms with Crippen LogP contribution in [0.2, 0.25) is 0 Å². The number of aromatic amines is 1. The molecule has 1 aromatic heterocycles. The zero-order valence-corrected chi connectivity index (χ0v) is 16.8. The van der Waals surface area contributed by atoms with Gasteiger partial charge in [-0.1, -0.05) is 6.07 Å². The topological polar surface area (TPSA) is 51.4 Å². The van der Waals surface area contributed by atoms with Crippen LogP contribution in [0.4, 0.5) is 11.4 Å². The average Bonchev–Trinajstić information content (AvgIpc) is 3.12. The molecule has 1 aliphatic rings. The highest BCUT2D eigenvalue weighted by Crippen LogP contribution is 2.34. The van der Waals surface area contributed by atoms with E-state index in [0.717, 1.165) is 30.0 Å². The van der Waals surface area contributed by atoms with Crippen LogP contribution < -0.4 is 10.2 Å². The van der Waals surface area contributed by atoms with Crippen LogP contribution in [0, 0.1) is 0 Å². The van der Waals surface area contributed by atoms with Crippen LogP contribution in [0.25, 0.3) is 10.9 Å². The molecule has 1 amide bonds. The second-order valence-electron chi connectivity index (χ2n) is 7.98. The molecule has 1 fully saturated rings. The van der Waals surface area contributed by atoms with Gasteiger partial charge in [0.15, 0.2) is 0 Å². The average molecular weight is 377 g/mol. The van der Waals surface area contributed by atoms with E-state index in [2.05, 4.69) is 40.6 Å². The minimum absolute atomic E-state index is 0.0839. The summed E-state index contributed by atoms with van der Waals surface area (Å²) in [6.07, 6.45) is 4.50. The highest BCUT2D eigenvalue weighted by molar-refractivity contribution is 6.05. The van der Waals surface area contributed by atoms with Crippen molar-refractivity contribution < 1.29 is 4.79 Å². The molecule has 146 valence electrons. The summed E-state index contributed by atoms with van der Waals surface area (Å²) < 4.78 is 0. The zero-order chi connectivity index (χ0) is 19.7. The zero-order valence-electron chi connectivity index (χ0n) is 16.8. The molecule has 5 heteroatoms. The third-order valence-corrected chi connectivity index (χ3v) is 5.75. The van der Waals surface area contributed by atoms with Gasteiger partial charge in [0.2, 0.25) is 0 Å². The Morgan fingerprint density at radius 2 is 1.93 bits per heavy atom. The number of anilines is 2. The van der Waals surface area contributed by atoms with E-state index in [1.54, 1.807) is 0 Å². The minimum atomic E-state index is -0.0839. The molecule has 4 rings (SSSR count). The summed E-state index contributed by atoms with van der Waals surface area (Å²) >= 11 is 0. The SMILES string of the molecule is CN1CCC(c2c[nH]c3ccc(NC(=O)c4cccc(N(C)C)c4)cc23)CC1. The van der Waals surface area contributed by atoms with Crippen LogP contribution in [0.5, 0.6) is 0 Å². The van der Waals surface area contributed by atoms with Gasteiger partial charge in [-0.2, -0.15) is 0 Å². The first kappa shape index (κ1) is 18.6. The molecule has 2 aromatic carbocycles. The normalized spacial score (nSPS) is 15.7. The first-order chi connectivity index (χ1) is 13.5. The van der Waals surface area contributed by atoms with Crippen molar-refractivity contribution in [3.8, 4) is 0 Å².